The Morgan fingerprint density at radius 1 is 0.885 bits per heavy atom. The van der Waals surface area contributed by atoms with Gasteiger partial charge in [0, 0.05) is 0 Å². The van der Waals surface area contributed by atoms with Gasteiger partial charge in [0.1, 0.15) is 11.6 Å². The molecule has 1 nitrogen and oxygen atoms in total. The molecule has 2 aromatic rings. The summed E-state index contributed by atoms with van der Waals surface area (Å²) in [6.45, 7) is -1.02. The molecular weight excluding hydrogens is 351 g/mol. The molecule has 0 aliphatic heterocycles. The SMILES string of the molecule is CC1CCC(c2cc(F)c(-c3ccc(OC(F)F)c(F)c3)c(F)c2)CC1. The van der Waals surface area contributed by atoms with Crippen LogP contribution in [0.1, 0.15) is 44.1 Å². The van der Waals surface area contributed by atoms with E-state index in [1.54, 1.807) is 0 Å². The predicted molar refractivity (Wildman–Crippen MR) is 88.8 cm³/mol. The van der Waals surface area contributed by atoms with Crippen LogP contribution in [0.25, 0.3) is 11.1 Å². The van der Waals surface area contributed by atoms with Crippen molar-refractivity contribution in [1.82, 2.24) is 0 Å². The van der Waals surface area contributed by atoms with Gasteiger partial charge >= 0.3 is 6.61 Å². The van der Waals surface area contributed by atoms with Gasteiger partial charge in [0.15, 0.2) is 11.6 Å². The highest BCUT2D eigenvalue weighted by Crippen LogP contribution is 2.38. The van der Waals surface area contributed by atoms with Gasteiger partial charge in [-0.3, -0.25) is 0 Å². The smallest absolute Gasteiger partial charge is 0.387 e. The third-order valence-corrected chi connectivity index (χ3v) is 4.99. The number of hydrogen-bond acceptors (Lipinski definition) is 1. The van der Waals surface area contributed by atoms with Crippen molar-refractivity contribution in [3.63, 3.8) is 0 Å². The minimum absolute atomic E-state index is 0.0667. The second-order valence-corrected chi connectivity index (χ2v) is 6.84. The van der Waals surface area contributed by atoms with Gasteiger partial charge in [0.25, 0.3) is 0 Å². The minimum Gasteiger partial charge on any atom is -0.432 e. The molecule has 140 valence electrons. The third kappa shape index (κ3) is 4.00. The lowest BCUT2D eigenvalue weighted by Crippen LogP contribution is -2.11. The molecule has 1 aliphatic rings. The Balaban J connectivity index is 1.90. The zero-order valence-electron chi connectivity index (χ0n) is 14.2. The molecule has 6 heteroatoms. The Morgan fingerprint density at radius 3 is 2.04 bits per heavy atom. The molecule has 1 saturated carbocycles. The first-order valence-corrected chi connectivity index (χ1v) is 8.58. The van der Waals surface area contributed by atoms with Crippen LogP contribution in [-0.4, -0.2) is 6.61 Å². The van der Waals surface area contributed by atoms with Crippen LogP contribution in [0.15, 0.2) is 30.3 Å². The van der Waals surface area contributed by atoms with Gasteiger partial charge in [0.05, 0.1) is 5.56 Å². The van der Waals surface area contributed by atoms with Gasteiger partial charge in [-0.15, -0.1) is 0 Å². The highest BCUT2D eigenvalue weighted by molar-refractivity contribution is 5.66. The maximum absolute atomic E-state index is 14.6. The zero-order valence-corrected chi connectivity index (χ0v) is 14.2. The van der Waals surface area contributed by atoms with Crippen molar-refractivity contribution in [2.45, 2.75) is 45.1 Å². The van der Waals surface area contributed by atoms with Crippen LogP contribution in [0.4, 0.5) is 22.0 Å². The van der Waals surface area contributed by atoms with E-state index in [1.165, 1.54) is 12.1 Å². The number of benzene rings is 2. The van der Waals surface area contributed by atoms with Crippen molar-refractivity contribution < 1.29 is 26.7 Å². The lowest BCUT2D eigenvalue weighted by molar-refractivity contribution is -0.0521. The third-order valence-electron chi connectivity index (χ3n) is 4.99. The summed E-state index contributed by atoms with van der Waals surface area (Å²) >= 11 is 0. The number of hydrogen-bond donors (Lipinski definition) is 0. The molecule has 0 spiro atoms. The van der Waals surface area contributed by atoms with Crippen LogP contribution in [0.3, 0.4) is 0 Å². The Hall–Kier alpha value is -2.11. The van der Waals surface area contributed by atoms with Crippen LogP contribution < -0.4 is 4.74 Å². The molecule has 0 unspecified atom stereocenters. The van der Waals surface area contributed by atoms with Crippen LogP contribution in [0.2, 0.25) is 0 Å². The largest absolute Gasteiger partial charge is 0.432 e. The summed E-state index contributed by atoms with van der Waals surface area (Å²) in [6.07, 6.45) is 3.81. The lowest BCUT2D eigenvalue weighted by Gasteiger charge is -2.26. The van der Waals surface area contributed by atoms with E-state index in [4.69, 9.17) is 0 Å². The first-order valence-electron chi connectivity index (χ1n) is 8.58. The van der Waals surface area contributed by atoms with Crippen LogP contribution in [0, 0.1) is 23.4 Å². The molecule has 3 rings (SSSR count). The molecular formula is C20H19F5O. The molecule has 0 heterocycles. The Kier molecular flexibility index (Phi) is 5.49. The molecule has 2 aromatic carbocycles. The molecule has 0 amide bonds. The van der Waals surface area contributed by atoms with E-state index < -0.39 is 29.8 Å². The maximum Gasteiger partial charge on any atom is 0.387 e. The summed E-state index contributed by atoms with van der Waals surface area (Å²) in [6, 6.07) is 5.47. The summed E-state index contributed by atoms with van der Waals surface area (Å²) < 4.78 is 71.4. The molecule has 1 fully saturated rings. The Labute approximate surface area is 148 Å². The molecule has 0 aromatic heterocycles. The lowest BCUT2D eigenvalue weighted by atomic mass is 9.79. The quantitative estimate of drug-likeness (QED) is 0.547. The Bertz CT molecular complexity index is 759. The first-order chi connectivity index (χ1) is 12.3. The highest BCUT2D eigenvalue weighted by Gasteiger charge is 2.23. The number of alkyl halides is 2. The summed E-state index contributed by atoms with van der Waals surface area (Å²) in [7, 11) is 0. The van der Waals surface area contributed by atoms with Crippen molar-refractivity contribution in [3.05, 3.63) is 53.3 Å². The second-order valence-electron chi connectivity index (χ2n) is 6.84. The number of ether oxygens (including phenoxy) is 1. The normalized spacial score (nSPS) is 20.4. The summed E-state index contributed by atoms with van der Waals surface area (Å²) in [5.74, 6) is -2.62. The molecule has 0 bridgehead atoms. The van der Waals surface area contributed by atoms with Crippen molar-refractivity contribution in [1.29, 1.82) is 0 Å². The van der Waals surface area contributed by atoms with Crippen LogP contribution in [0.5, 0.6) is 5.75 Å². The van der Waals surface area contributed by atoms with E-state index >= 15 is 0 Å². The molecule has 0 radical (unpaired) electrons. The second kappa shape index (κ2) is 7.64. The predicted octanol–water partition coefficient (Wildman–Crippen LogP) is 6.67. The fourth-order valence-corrected chi connectivity index (χ4v) is 3.55. The number of halogens is 5. The summed E-state index contributed by atoms with van der Waals surface area (Å²) in [4.78, 5) is 0. The summed E-state index contributed by atoms with van der Waals surface area (Å²) in [5.41, 5.74) is 0.164. The van der Waals surface area contributed by atoms with Crippen molar-refractivity contribution in [2.75, 3.05) is 0 Å². The van der Waals surface area contributed by atoms with Crippen LogP contribution in [-0.2, 0) is 0 Å². The zero-order chi connectivity index (χ0) is 18.8. The minimum atomic E-state index is -3.18. The Morgan fingerprint density at radius 2 is 1.50 bits per heavy atom. The standard InChI is InChI=1S/C20H19F5O/c1-11-2-4-12(5-3-11)14-9-16(22)19(17(23)10-14)13-6-7-18(15(21)8-13)26-20(24)25/h6-12,20H,2-5H2,1H3. The van der Waals surface area contributed by atoms with E-state index in [9.17, 15) is 22.0 Å². The molecule has 0 atom stereocenters. The highest BCUT2D eigenvalue weighted by atomic mass is 19.3. The van der Waals surface area contributed by atoms with E-state index in [-0.39, 0.29) is 17.0 Å². The van der Waals surface area contributed by atoms with Gasteiger partial charge in [-0.05, 0) is 60.1 Å². The fourth-order valence-electron chi connectivity index (χ4n) is 3.55. The summed E-state index contributed by atoms with van der Waals surface area (Å²) in [5, 5.41) is 0. The van der Waals surface area contributed by atoms with E-state index in [1.807, 2.05) is 0 Å². The average Bonchev–Trinajstić information content (AvgIpc) is 2.57. The van der Waals surface area contributed by atoms with E-state index in [0.29, 0.717) is 11.5 Å². The van der Waals surface area contributed by atoms with Gasteiger partial charge in [0.2, 0.25) is 0 Å². The van der Waals surface area contributed by atoms with Gasteiger partial charge in [-0.1, -0.05) is 25.8 Å². The van der Waals surface area contributed by atoms with Gasteiger partial charge in [-0.2, -0.15) is 8.78 Å². The maximum atomic E-state index is 14.6. The molecule has 0 N–H and O–H groups in total. The fraction of sp³-hybridized carbons (Fsp3) is 0.400. The number of rotatable bonds is 4. The van der Waals surface area contributed by atoms with E-state index in [0.717, 1.165) is 43.9 Å². The van der Waals surface area contributed by atoms with Crippen molar-refractivity contribution in [2.24, 2.45) is 5.92 Å². The monoisotopic (exact) mass is 370 g/mol. The van der Waals surface area contributed by atoms with E-state index in [2.05, 4.69) is 11.7 Å². The van der Waals surface area contributed by atoms with Gasteiger partial charge < -0.3 is 4.74 Å². The van der Waals surface area contributed by atoms with Crippen LogP contribution >= 0.6 is 0 Å². The van der Waals surface area contributed by atoms with Crippen molar-refractivity contribution >= 4 is 0 Å². The van der Waals surface area contributed by atoms with Gasteiger partial charge in [-0.25, -0.2) is 13.2 Å². The topological polar surface area (TPSA) is 9.23 Å². The molecule has 1 aliphatic carbocycles. The van der Waals surface area contributed by atoms with Crippen molar-refractivity contribution in [3.8, 4) is 16.9 Å². The first kappa shape index (κ1) is 18.7. The average molecular weight is 370 g/mol. The molecule has 0 saturated heterocycles. The molecule has 26 heavy (non-hydrogen) atoms.